The number of hydrogen-bond donors (Lipinski definition) is 0. The molecule has 2 saturated heterocycles. The van der Waals surface area contributed by atoms with Gasteiger partial charge in [-0.05, 0) is 44.9 Å². The lowest BCUT2D eigenvalue weighted by atomic mass is 10.0. The molecule has 6 nitrogen and oxygen atoms in total. The van der Waals surface area contributed by atoms with Gasteiger partial charge in [-0.15, -0.1) is 0 Å². The number of likely N-dealkylation sites (N-methyl/N-ethyl adjacent to an activating group) is 1. The molecule has 0 aromatic heterocycles. The summed E-state index contributed by atoms with van der Waals surface area (Å²) >= 11 is 0. The van der Waals surface area contributed by atoms with Crippen LogP contribution in [0.15, 0.2) is 18.2 Å². The zero-order chi connectivity index (χ0) is 20.7. The molecule has 1 aromatic rings. The van der Waals surface area contributed by atoms with Crippen LogP contribution in [0.4, 0.5) is 4.39 Å². The van der Waals surface area contributed by atoms with E-state index in [4.69, 9.17) is 0 Å². The molecule has 7 heteroatoms. The zero-order valence-electron chi connectivity index (χ0n) is 17.1. The molecule has 2 heterocycles. The molecule has 152 valence electrons. The number of halogens is 1. The van der Waals surface area contributed by atoms with Crippen LogP contribution in [0.3, 0.4) is 0 Å². The van der Waals surface area contributed by atoms with Crippen LogP contribution in [0, 0.1) is 18.7 Å². The van der Waals surface area contributed by atoms with E-state index in [9.17, 15) is 18.8 Å². The van der Waals surface area contributed by atoms with E-state index in [1.54, 1.807) is 37.9 Å². The normalized spacial score (nSPS) is 24.9. The van der Waals surface area contributed by atoms with E-state index in [1.807, 2.05) is 11.8 Å². The number of benzene rings is 1. The van der Waals surface area contributed by atoms with Crippen molar-refractivity contribution in [2.75, 3.05) is 20.1 Å². The Labute approximate surface area is 165 Å². The van der Waals surface area contributed by atoms with E-state index in [-0.39, 0.29) is 35.7 Å². The fourth-order valence-corrected chi connectivity index (χ4v) is 4.49. The van der Waals surface area contributed by atoms with Crippen LogP contribution in [0.5, 0.6) is 0 Å². The fraction of sp³-hybridized carbons (Fsp3) is 0.571. The number of rotatable bonds is 3. The smallest absolute Gasteiger partial charge is 0.254 e. The fourth-order valence-electron chi connectivity index (χ4n) is 4.49. The van der Waals surface area contributed by atoms with Crippen LogP contribution < -0.4 is 0 Å². The topological polar surface area (TPSA) is 60.9 Å². The van der Waals surface area contributed by atoms with Gasteiger partial charge in [-0.2, -0.15) is 0 Å². The standard InChI is InChI=1S/C21H28FN3O3/c1-12-9-16-10-24(21(28)17-7-6-8-18(22)13(17)2)11-19(16)25(12)20(27)14(3)23(5)15(4)26/h6-8,12,14,16,19H,9-11H2,1-5H3/t12-,14?,16+,19-/m0/s1. The van der Waals surface area contributed by atoms with Crippen molar-refractivity contribution in [3.63, 3.8) is 0 Å². The molecule has 0 radical (unpaired) electrons. The minimum Gasteiger partial charge on any atom is -0.336 e. The molecule has 0 N–H and O–H groups in total. The van der Waals surface area contributed by atoms with Gasteiger partial charge in [-0.25, -0.2) is 4.39 Å². The number of fused-ring (bicyclic) bond motifs is 1. The second kappa shape index (κ2) is 7.53. The highest BCUT2D eigenvalue weighted by Crippen LogP contribution is 2.37. The highest BCUT2D eigenvalue weighted by atomic mass is 19.1. The minimum absolute atomic E-state index is 0.0666. The Morgan fingerprint density at radius 3 is 2.57 bits per heavy atom. The number of amides is 3. The van der Waals surface area contributed by atoms with E-state index in [0.717, 1.165) is 6.42 Å². The summed E-state index contributed by atoms with van der Waals surface area (Å²) in [6.07, 6.45) is 0.818. The summed E-state index contributed by atoms with van der Waals surface area (Å²) in [5.41, 5.74) is 0.721. The van der Waals surface area contributed by atoms with Gasteiger partial charge in [0, 0.05) is 44.6 Å². The van der Waals surface area contributed by atoms with Crippen molar-refractivity contribution < 1.29 is 18.8 Å². The second-order valence-electron chi connectivity index (χ2n) is 8.09. The first-order valence-electron chi connectivity index (χ1n) is 9.73. The van der Waals surface area contributed by atoms with Crippen molar-refractivity contribution in [2.45, 2.75) is 52.2 Å². The molecule has 3 rings (SSSR count). The third kappa shape index (κ3) is 3.38. The maximum Gasteiger partial charge on any atom is 0.254 e. The van der Waals surface area contributed by atoms with E-state index < -0.39 is 11.9 Å². The lowest BCUT2D eigenvalue weighted by Gasteiger charge is -2.34. The van der Waals surface area contributed by atoms with Crippen LogP contribution in [0.2, 0.25) is 0 Å². The van der Waals surface area contributed by atoms with Gasteiger partial charge in [-0.3, -0.25) is 14.4 Å². The average molecular weight is 389 g/mol. The van der Waals surface area contributed by atoms with E-state index in [2.05, 4.69) is 0 Å². The summed E-state index contributed by atoms with van der Waals surface area (Å²) in [6.45, 7) is 7.79. The number of nitrogens with zero attached hydrogens (tertiary/aromatic N) is 3. The van der Waals surface area contributed by atoms with Crippen LogP contribution in [-0.2, 0) is 9.59 Å². The SMILES string of the molecule is CC(=O)N(C)C(C)C(=O)N1[C@@H](C)C[C@@H]2CN(C(=O)c3cccc(F)c3C)C[C@@H]21. The molecule has 0 aliphatic carbocycles. The molecule has 0 bridgehead atoms. The summed E-state index contributed by atoms with van der Waals surface area (Å²) in [5.74, 6) is -0.633. The molecule has 2 aliphatic heterocycles. The number of carbonyl (C=O) groups is 3. The van der Waals surface area contributed by atoms with Gasteiger partial charge >= 0.3 is 0 Å². The quantitative estimate of drug-likeness (QED) is 0.795. The third-order valence-corrected chi connectivity index (χ3v) is 6.36. The summed E-state index contributed by atoms with van der Waals surface area (Å²) in [5, 5.41) is 0. The molecule has 1 aromatic carbocycles. The van der Waals surface area contributed by atoms with Crippen molar-refractivity contribution in [1.29, 1.82) is 0 Å². The van der Waals surface area contributed by atoms with Crippen molar-refractivity contribution in [3.8, 4) is 0 Å². The first-order chi connectivity index (χ1) is 13.1. The Morgan fingerprint density at radius 2 is 1.93 bits per heavy atom. The summed E-state index contributed by atoms with van der Waals surface area (Å²) in [7, 11) is 1.63. The predicted octanol–water partition coefficient (Wildman–Crippen LogP) is 2.06. The van der Waals surface area contributed by atoms with Gasteiger partial charge in [0.1, 0.15) is 11.9 Å². The van der Waals surface area contributed by atoms with Crippen LogP contribution in [0.1, 0.15) is 43.1 Å². The number of likely N-dealkylation sites (tertiary alicyclic amines) is 2. The zero-order valence-corrected chi connectivity index (χ0v) is 17.1. The Morgan fingerprint density at radius 1 is 1.25 bits per heavy atom. The van der Waals surface area contributed by atoms with E-state index >= 15 is 0 Å². The summed E-state index contributed by atoms with van der Waals surface area (Å²) < 4.78 is 13.9. The van der Waals surface area contributed by atoms with Gasteiger partial charge in [0.15, 0.2) is 0 Å². The lowest BCUT2D eigenvalue weighted by molar-refractivity contribution is -0.144. The van der Waals surface area contributed by atoms with E-state index in [1.165, 1.54) is 17.9 Å². The molecule has 1 unspecified atom stereocenters. The molecule has 0 spiro atoms. The van der Waals surface area contributed by atoms with Crippen LogP contribution in [-0.4, -0.2) is 70.7 Å². The van der Waals surface area contributed by atoms with Crippen molar-refractivity contribution in [1.82, 2.24) is 14.7 Å². The first-order valence-corrected chi connectivity index (χ1v) is 9.73. The number of hydrogen-bond acceptors (Lipinski definition) is 3. The Balaban J connectivity index is 1.77. The van der Waals surface area contributed by atoms with Crippen molar-refractivity contribution in [2.24, 2.45) is 5.92 Å². The van der Waals surface area contributed by atoms with Gasteiger partial charge in [-0.1, -0.05) is 6.07 Å². The molecular formula is C21H28FN3O3. The van der Waals surface area contributed by atoms with Gasteiger partial charge in [0.2, 0.25) is 11.8 Å². The van der Waals surface area contributed by atoms with Crippen LogP contribution in [0.25, 0.3) is 0 Å². The largest absolute Gasteiger partial charge is 0.336 e. The number of carbonyl (C=O) groups excluding carboxylic acids is 3. The molecule has 0 saturated carbocycles. The van der Waals surface area contributed by atoms with Gasteiger partial charge < -0.3 is 14.7 Å². The lowest BCUT2D eigenvalue weighted by Crippen LogP contribution is -2.52. The monoisotopic (exact) mass is 389 g/mol. The second-order valence-corrected chi connectivity index (χ2v) is 8.09. The maximum atomic E-state index is 13.9. The Hall–Kier alpha value is -2.44. The minimum atomic E-state index is -0.547. The average Bonchev–Trinajstić information content (AvgIpc) is 3.18. The van der Waals surface area contributed by atoms with Gasteiger partial charge in [0.25, 0.3) is 5.91 Å². The van der Waals surface area contributed by atoms with Gasteiger partial charge in [0.05, 0.1) is 6.04 Å². The first kappa shape index (κ1) is 20.3. The van der Waals surface area contributed by atoms with Crippen molar-refractivity contribution in [3.05, 3.63) is 35.1 Å². The molecular weight excluding hydrogens is 361 g/mol. The molecule has 28 heavy (non-hydrogen) atoms. The molecule has 3 amide bonds. The van der Waals surface area contributed by atoms with E-state index in [0.29, 0.717) is 24.2 Å². The Bertz CT molecular complexity index is 812. The maximum absolute atomic E-state index is 13.9. The third-order valence-electron chi connectivity index (χ3n) is 6.36. The molecule has 2 aliphatic rings. The molecule has 4 atom stereocenters. The highest BCUT2D eigenvalue weighted by Gasteiger charge is 2.49. The predicted molar refractivity (Wildman–Crippen MR) is 103 cm³/mol. The summed E-state index contributed by atoms with van der Waals surface area (Å²) in [6, 6.07) is 3.99. The Kier molecular flexibility index (Phi) is 5.46. The summed E-state index contributed by atoms with van der Waals surface area (Å²) in [4.78, 5) is 42.7. The van der Waals surface area contributed by atoms with Crippen molar-refractivity contribution >= 4 is 17.7 Å². The highest BCUT2D eigenvalue weighted by molar-refractivity contribution is 5.96. The molecule has 2 fully saturated rings. The van der Waals surface area contributed by atoms with Crippen LogP contribution >= 0.6 is 0 Å².